The molecule has 1 saturated heterocycles. The smallest absolute Gasteiger partial charge is 0.269 e. The lowest BCUT2D eigenvalue weighted by atomic mass is 10.0. The van der Waals surface area contributed by atoms with Crippen molar-refractivity contribution in [2.24, 2.45) is 4.99 Å². The van der Waals surface area contributed by atoms with Gasteiger partial charge in [0.1, 0.15) is 5.75 Å². The normalized spacial score (nSPS) is 15.1. The van der Waals surface area contributed by atoms with E-state index in [9.17, 15) is 10.1 Å². The minimum Gasteiger partial charge on any atom is -0.496 e. The third-order valence-corrected chi connectivity index (χ3v) is 5.35. The number of nitro benzene ring substituents is 1. The van der Waals surface area contributed by atoms with E-state index >= 15 is 0 Å². The number of non-ortho nitro benzene ring substituents is 1. The molecule has 1 fully saturated rings. The van der Waals surface area contributed by atoms with Gasteiger partial charge in [-0.25, -0.2) is 0 Å². The van der Waals surface area contributed by atoms with Crippen LogP contribution in [0.4, 0.5) is 5.69 Å². The Labute approximate surface area is 200 Å². The van der Waals surface area contributed by atoms with Crippen molar-refractivity contribution in [3.05, 3.63) is 69.8 Å². The second-order valence-corrected chi connectivity index (χ2v) is 7.23. The van der Waals surface area contributed by atoms with Crippen LogP contribution < -0.4 is 15.4 Å². The third kappa shape index (κ3) is 6.79. The van der Waals surface area contributed by atoms with E-state index in [4.69, 9.17) is 4.74 Å². The van der Waals surface area contributed by atoms with Crippen molar-refractivity contribution in [1.29, 1.82) is 0 Å². The highest BCUT2D eigenvalue weighted by Crippen LogP contribution is 2.31. The van der Waals surface area contributed by atoms with Gasteiger partial charge in [-0.1, -0.05) is 30.3 Å². The molecule has 1 atom stereocenters. The Kier molecular flexibility index (Phi) is 9.99. The first kappa shape index (κ1) is 24.9. The highest BCUT2D eigenvalue weighted by molar-refractivity contribution is 14.0. The molecule has 0 amide bonds. The van der Waals surface area contributed by atoms with E-state index in [-0.39, 0.29) is 40.6 Å². The molecular weight excluding hydrogens is 509 g/mol. The largest absolute Gasteiger partial charge is 0.496 e. The van der Waals surface area contributed by atoms with E-state index < -0.39 is 0 Å². The molecular formula is C22H30IN5O3. The minimum atomic E-state index is -0.384. The van der Waals surface area contributed by atoms with Crippen molar-refractivity contribution in [2.75, 3.05) is 33.8 Å². The second kappa shape index (κ2) is 12.5. The molecule has 3 rings (SSSR count). The fourth-order valence-corrected chi connectivity index (χ4v) is 3.81. The molecule has 0 spiro atoms. The van der Waals surface area contributed by atoms with Gasteiger partial charge in [-0.2, -0.15) is 0 Å². The Bertz CT molecular complexity index is 887. The van der Waals surface area contributed by atoms with Crippen LogP contribution in [0.3, 0.4) is 0 Å². The zero-order chi connectivity index (χ0) is 21.3. The van der Waals surface area contributed by atoms with Gasteiger partial charge in [0.05, 0.1) is 18.1 Å². The fraction of sp³-hybridized carbons (Fsp3) is 0.409. The van der Waals surface area contributed by atoms with Crippen LogP contribution in [-0.4, -0.2) is 49.6 Å². The molecule has 8 nitrogen and oxygen atoms in total. The Balaban J connectivity index is 0.00000341. The van der Waals surface area contributed by atoms with Gasteiger partial charge in [-0.3, -0.25) is 20.0 Å². The van der Waals surface area contributed by atoms with Crippen LogP contribution in [-0.2, 0) is 6.54 Å². The number of hydrogen-bond donors (Lipinski definition) is 2. The predicted molar refractivity (Wildman–Crippen MR) is 133 cm³/mol. The molecule has 1 aliphatic rings. The van der Waals surface area contributed by atoms with Crippen molar-refractivity contribution in [1.82, 2.24) is 15.5 Å². The average molecular weight is 539 g/mol. The number of aliphatic imine (C=N–C) groups is 1. The molecule has 0 radical (unpaired) electrons. The number of ether oxygens (including phenoxy) is 1. The molecule has 2 aromatic carbocycles. The molecule has 1 unspecified atom stereocenters. The zero-order valence-corrected chi connectivity index (χ0v) is 20.2. The van der Waals surface area contributed by atoms with E-state index in [0.717, 1.165) is 30.0 Å². The SMILES string of the molecule is CN=C(NCc1cccc([N+](=O)[O-])c1)NCC(c1ccccc1OC)N1CCCC1.I. The van der Waals surface area contributed by atoms with Gasteiger partial charge in [-0.15, -0.1) is 24.0 Å². The summed E-state index contributed by atoms with van der Waals surface area (Å²) in [6.45, 7) is 3.24. The number of benzene rings is 2. The molecule has 9 heteroatoms. The van der Waals surface area contributed by atoms with E-state index in [1.807, 2.05) is 24.3 Å². The number of nitrogens with one attached hydrogen (secondary N) is 2. The number of guanidine groups is 1. The zero-order valence-electron chi connectivity index (χ0n) is 17.9. The topological polar surface area (TPSA) is 92.0 Å². The first-order valence-electron chi connectivity index (χ1n) is 10.2. The lowest BCUT2D eigenvalue weighted by Gasteiger charge is -2.30. The van der Waals surface area contributed by atoms with Gasteiger partial charge in [0.25, 0.3) is 5.69 Å². The molecule has 31 heavy (non-hydrogen) atoms. The maximum Gasteiger partial charge on any atom is 0.269 e. The lowest BCUT2D eigenvalue weighted by Crippen LogP contribution is -2.42. The minimum absolute atomic E-state index is 0. The molecule has 0 aliphatic carbocycles. The van der Waals surface area contributed by atoms with Crippen LogP contribution in [0.5, 0.6) is 5.75 Å². The molecule has 0 saturated carbocycles. The standard InChI is InChI=1S/C22H29N5O3.HI/c1-23-22(24-15-17-8-7-9-18(14-17)27(28)29)25-16-20(26-12-5-6-13-26)19-10-3-4-11-21(19)30-2;/h3-4,7-11,14,20H,5-6,12-13,15-16H2,1-2H3,(H2,23,24,25);1H. The summed E-state index contributed by atoms with van der Waals surface area (Å²) >= 11 is 0. The Morgan fingerprint density at radius 3 is 2.61 bits per heavy atom. The summed E-state index contributed by atoms with van der Waals surface area (Å²) in [5, 5.41) is 17.6. The van der Waals surface area contributed by atoms with Gasteiger partial charge in [0, 0.05) is 37.8 Å². The molecule has 1 aliphatic heterocycles. The summed E-state index contributed by atoms with van der Waals surface area (Å²) in [5.41, 5.74) is 2.07. The highest BCUT2D eigenvalue weighted by atomic mass is 127. The number of para-hydroxylation sites is 1. The Morgan fingerprint density at radius 2 is 1.94 bits per heavy atom. The predicted octanol–water partition coefficient (Wildman–Crippen LogP) is 3.72. The number of halogens is 1. The number of likely N-dealkylation sites (tertiary alicyclic amines) is 1. The number of rotatable bonds is 8. The van der Waals surface area contributed by atoms with Crippen LogP contribution in [0.2, 0.25) is 0 Å². The average Bonchev–Trinajstić information content (AvgIpc) is 3.31. The van der Waals surface area contributed by atoms with E-state index in [2.05, 4.69) is 26.6 Å². The first-order chi connectivity index (χ1) is 14.6. The van der Waals surface area contributed by atoms with E-state index in [0.29, 0.717) is 19.0 Å². The van der Waals surface area contributed by atoms with Crippen LogP contribution in [0.1, 0.15) is 30.0 Å². The summed E-state index contributed by atoms with van der Waals surface area (Å²) in [7, 11) is 3.42. The van der Waals surface area contributed by atoms with Crippen molar-refractivity contribution in [2.45, 2.75) is 25.4 Å². The first-order valence-corrected chi connectivity index (χ1v) is 10.2. The highest BCUT2D eigenvalue weighted by Gasteiger charge is 2.26. The Hall–Kier alpha value is -2.40. The van der Waals surface area contributed by atoms with Gasteiger partial charge in [0.15, 0.2) is 5.96 Å². The summed E-state index contributed by atoms with van der Waals surface area (Å²) in [6.07, 6.45) is 2.40. The van der Waals surface area contributed by atoms with Gasteiger partial charge >= 0.3 is 0 Å². The van der Waals surface area contributed by atoms with E-state index in [1.54, 1.807) is 26.3 Å². The monoisotopic (exact) mass is 539 g/mol. The number of hydrogen-bond acceptors (Lipinski definition) is 5. The van der Waals surface area contributed by atoms with Gasteiger partial charge < -0.3 is 15.4 Å². The van der Waals surface area contributed by atoms with Crippen molar-refractivity contribution in [3.8, 4) is 5.75 Å². The van der Waals surface area contributed by atoms with Gasteiger partial charge in [0.2, 0.25) is 0 Å². The summed E-state index contributed by atoms with van der Waals surface area (Å²) < 4.78 is 5.60. The lowest BCUT2D eigenvalue weighted by molar-refractivity contribution is -0.384. The fourth-order valence-electron chi connectivity index (χ4n) is 3.81. The van der Waals surface area contributed by atoms with Crippen molar-refractivity contribution >= 4 is 35.6 Å². The molecule has 2 aromatic rings. The molecule has 168 valence electrons. The summed E-state index contributed by atoms with van der Waals surface area (Å²) in [4.78, 5) is 17.4. The summed E-state index contributed by atoms with van der Waals surface area (Å²) in [6, 6.07) is 14.9. The molecule has 2 N–H and O–H groups in total. The quantitative estimate of drug-likeness (QED) is 0.175. The van der Waals surface area contributed by atoms with Crippen LogP contribution in [0.25, 0.3) is 0 Å². The molecule has 1 heterocycles. The maximum absolute atomic E-state index is 11.0. The third-order valence-electron chi connectivity index (χ3n) is 5.35. The molecule has 0 bridgehead atoms. The van der Waals surface area contributed by atoms with Crippen LogP contribution in [0, 0.1) is 10.1 Å². The molecule has 0 aromatic heterocycles. The van der Waals surface area contributed by atoms with Crippen molar-refractivity contribution in [3.63, 3.8) is 0 Å². The van der Waals surface area contributed by atoms with E-state index in [1.165, 1.54) is 18.9 Å². The number of methoxy groups -OCH3 is 1. The number of nitro groups is 1. The van der Waals surface area contributed by atoms with Crippen LogP contribution >= 0.6 is 24.0 Å². The van der Waals surface area contributed by atoms with Gasteiger partial charge in [-0.05, 0) is 37.6 Å². The number of nitrogens with zero attached hydrogens (tertiary/aromatic N) is 3. The maximum atomic E-state index is 11.0. The Morgan fingerprint density at radius 1 is 1.19 bits per heavy atom. The summed E-state index contributed by atoms with van der Waals surface area (Å²) in [5.74, 6) is 1.54. The van der Waals surface area contributed by atoms with Crippen LogP contribution in [0.15, 0.2) is 53.5 Å². The second-order valence-electron chi connectivity index (χ2n) is 7.23. The van der Waals surface area contributed by atoms with Crippen molar-refractivity contribution < 1.29 is 9.66 Å².